The highest BCUT2D eigenvalue weighted by atomic mass is 79.9. The second-order valence-corrected chi connectivity index (χ2v) is 5.79. The van der Waals surface area contributed by atoms with Gasteiger partial charge in [0.25, 0.3) is 0 Å². The number of benzene rings is 2. The molecule has 2 rings (SSSR count). The van der Waals surface area contributed by atoms with Crippen molar-refractivity contribution in [3.8, 4) is 5.75 Å². The Labute approximate surface area is 137 Å². The molecule has 0 spiro atoms. The van der Waals surface area contributed by atoms with Crippen LogP contribution in [0.4, 0.5) is 4.39 Å². The Morgan fingerprint density at radius 1 is 1.24 bits per heavy atom. The highest BCUT2D eigenvalue weighted by Crippen LogP contribution is 2.30. The van der Waals surface area contributed by atoms with Crippen LogP contribution < -0.4 is 10.1 Å². The van der Waals surface area contributed by atoms with E-state index in [-0.39, 0.29) is 12.4 Å². The van der Waals surface area contributed by atoms with Crippen molar-refractivity contribution in [2.45, 2.75) is 20.1 Å². The first-order valence-electron chi connectivity index (χ1n) is 6.66. The summed E-state index contributed by atoms with van der Waals surface area (Å²) in [5.74, 6) is 0.428. The summed E-state index contributed by atoms with van der Waals surface area (Å²) >= 11 is 9.54. The van der Waals surface area contributed by atoms with E-state index in [4.69, 9.17) is 16.3 Å². The SMILES string of the molecule is CCNCc1cccc(Br)c1OCc1cc(F)ccc1Cl. The number of hydrogen-bond donors (Lipinski definition) is 1. The molecule has 0 aliphatic heterocycles. The summed E-state index contributed by atoms with van der Waals surface area (Å²) in [6.07, 6.45) is 0. The van der Waals surface area contributed by atoms with Gasteiger partial charge in [-0.05, 0) is 46.7 Å². The Morgan fingerprint density at radius 3 is 2.81 bits per heavy atom. The Balaban J connectivity index is 2.17. The molecule has 0 unspecified atom stereocenters. The molecule has 0 heterocycles. The van der Waals surface area contributed by atoms with E-state index < -0.39 is 0 Å². The van der Waals surface area contributed by atoms with Gasteiger partial charge in [-0.3, -0.25) is 0 Å². The standard InChI is InChI=1S/C16H16BrClFNO/c1-2-20-9-11-4-3-5-14(17)16(11)21-10-12-8-13(19)6-7-15(12)18/h3-8,20H,2,9-10H2,1H3. The molecule has 0 saturated heterocycles. The molecule has 0 radical (unpaired) electrons. The summed E-state index contributed by atoms with van der Waals surface area (Å²) in [6.45, 7) is 3.85. The van der Waals surface area contributed by atoms with Crippen LogP contribution in [-0.2, 0) is 13.2 Å². The maximum atomic E-state index is 13.3. The molecule has 112 valence electrons. The van der Waals surface area contributed by atoms with Gasteiger partial charge in [-0.1, -0.05) is 30.7 Å². The summed E-state index contributed by atoms with van der Waals surface area (Å²) < 4.78 is 20.0. The minimum atomic E-state index is -0.321. The minimum Gasteiger partial charge on any atom is -0.487 e. The highest BCUT2D eigenvalue weighted by molar-refractivity contribution is 9.10. The third-order valence-corrected chi connectivity index (χ3v) is 3.99. The van der Waals surface area contributed by atoms with Crippen molar-refractivity contribution in [1.29, 1.82) is 0 Å². The van der Waals surface area contributed by atoms with Gasteiger partial charge in [-0.25, -0.2) is 4.39 Å². The molecular weight excluding hydrogens is 357 g/mol. The molecular formula is C16H16BrClFNO. The summed E-state index contributed by atoms with van der Waals surface area (Å²) in [7, 11) is 0. The first-order valence-corrected chi connectivity index (χ1v) is 7.83. The maximum absolute atomic E-state index is 13.3. The monoisotopic (exact) mass is 371 g/mol. The maximum Gasteiger partial charge on any atom is 0.138 e. The third-order valence-electron chi connectivity index (χ3n) is 2.99. The average Bonchev–Trinajstić information content (AvgIpc) is 2.47. The fourth-order valence-electron chi connectivity index (χ4n) is 1.92. The first-order chi connectivity index (χ1) is 10.1. The van der Waals surface area contributed by atoms with Gasteiger partial charge < -0.3 is 10.1 Å². The van der Waals surface area contributed by atoms with Crippen molar-refractivity contribution >= 4 is 27.5 Å². The molecule has 0 aliphatic carbocycles. The van der Waals surface area contributed by atoms with Crippen LogP contribution in [0, 0.1) is 5.82 Å². The van der Waals surface area contributed by atoms with E-state index in [0.29, 0.717) is 17.1 Å². The van der Waals surface area contributed by atoms with Crippen LogP contribution in [0.1, 0.15) is 18.1 Å². The van der Waals surface area contributed by atoms with Crippen LogP contribution in [0.15, 0.2) is 40.9 Å². The largest absolute Gasteiger partial charge is 0.487 e. The lowest BCUT2D eigenvalue weighted by molar-refractivity contribution is 0.299. The number of para-hydroxylation sites is 1. The number of rotatable bonds is 6. The van der Waals surface area contributed by atoms with Gasteiger partial charge in [0.15, 0.2) is 0 Å². The summed E-state index contributed by atoms with van der Waals surface area (Å²) in [4.78, 5) is 0. The van der Waals surface area contributed by atoms with Gasteiger partial charge in [0.2, 0.25) is 0 Å². The van der Waals surface area contributed by atoms with E-state index >= 15 is 0 Å². The van der Waals surface area contributed by atoms with E-state index in [1.807, 2.05) is 25.1 Å². The Kier molecular flexibility index (Phi) is 6.03. The van der Waals surface area contributed by atoms with Crippen molar-refractivity contribution in [1.82, 2.24) is 5.32 Å². The minimum absolute atomic E-state index is 0.221. The molecule has 0 atom stereocenters. The number of halogens is 3. The lowest BCUT2D eigenvalue weighted by atomic mass is 10.2. The fraction of sp³-hybridized carbons (Fsp3) is 0.250. The van der Waals surface area contributed by atoms with Gasteiger partial charge in [0, 0.05) is 22.7 Å². The Bertz CT molecular complexity index is 621. The van der Waals surface area contributed by atoms with Gasteiger partial charge in [0.1, 0.15) is 18.2 Å². The number of ether oxygens (including phenoxy) is 1. The second kappa shape index (κ2) is 7.78. The smallest absolute Gasteiger partial charge is 0.138 e. The zero-order valence-corrected chi connectivity index (χ0v) is 14.0. The van der Waals surface area contributed by atoms with Crippen molar-refractivity contribution < 1.29 is 9.13 Å². The van der Waals surface area contributed by atoms with E-state index in [1.165, 1.54) is 18.2 Å². The predicted molar refractivity (Wildman–Crippen MR) is 87.3 cm³/mol. The Hall–Kier alpha value is -1.10. The topological polar surface area (TPSA) is 21.3 Å². The van der Waals surface area contributed by atoms with Crippen LogP contribution in [0.5, 0.6) is 5.75 Å². The molecule has 2 aromatic rings. The normalized spacial score (nSPS) is 10.7. The van der Waals surface area contributed by atoms with Crippen molar-refractivity contribution in [2.75, 3.05) is 6.54 Å². The van der Waals surface area contributed by atoms with Gasteiger partial charge >= 0.3 is 0 Å². The molecule has 5 heteroatoms. The molecule has 0 bridgehead atoms. The Morgan fingerprint density at radius 2 is 2.05 bits per heavy atom. The average molecular weight is 373 g/mol. The molecule has 21 heavy (non-hydrogen) atoms. The van der Waals surface area contributed by atoms with E-state index in [0.717, 1.165) is 22.3 Å². The highest BCUT2D eigenvalue weighted by Gasteiger charge is 2.10. The lowest BCUT2D eigenvalue weighted by Gasteiger charge is -2.14. The van der Waals surface area contributed by atoms with Crippen LogP contribution in [0.3, 0.4) is 0 Å². The molecule has 2 nitrogen and oxygen atoms in total. The predicted octanol–water partition coefficient (Wildman–Crippen LogP) is 4.93. The number of nitrogens with one attached hydrogen (secondary N) is 1. The quantitative estimate of drug-likeness (QED) is 0.776. The van der Waals surface area contributed by atoms with Crippen LogP contribution in [-0.4, -0.2) is 6.54 Å². The summed E-state index contributed by atoms with van der Waals surface area (Å²) in [6, 6.07) is 10.1. The van der Waals surface area contributed by atoms with E-state index in [1.54, 1.807) is 0 Å². The number of hydrogen-bond acceptors (Lipinski definition) is 2. The zero-order valence-electron chi connectivity index (χ0n) is 11.6. The van der Waals surface area contributed by atoms with Crippen molar-refractivity contribution in [2.24, 2.45) is 0 Å². The summed E-state index contributed by atoms with van der Waals surface area (Å²) in [5, 5.41) is 3.76. The second-order valence-electron chi connectivity index (χ2n) is 4.53. The molecule has 0 saturated carbocycles. The van der Waals surface area contributed by atoms with Crippen LogP contribution in [0.2, 0.25) is 5.02 Å². The molecule has 2 aromatic carbocycles. The van der Waals surface area contributed by atoms with Crippen molar-refractivity contribution in [3.05, 3.63) is 62.8 Å². The molecule has 0 aliphatic rings. The molecule has 0 aromatic heterocycles. The lowest BCUT2D eigenvalue weighted by Crippen LogP contribution is -2.13. The van der Waals surface area contributed by atoms with E-state index in [2.05, 4.69) is 21.2 Å². The summed E-state index contributed by atoms with van der Waals surface area (Å²) in [5.41, 5.74) is 1.67. The third kappa shape index (κ3) is 4.43. The molecule has 1 N–H and O–H groups in total. The van der Waals surface area contributed by atoms with Gasteiger partial charge in [-0.15, -0.1) is 0 Å². The van der Waals surface area contributed by atoms with Gasteiger partial charge in [-0.2, -0.15) is 0 Å². The van der Waals surface area contributed by atoms with Crippen LogP contribution in [0.25, 0.3) is 0 Å². The molecule has 0 amide bonds. The zero-order chi connectivity index (χ0) is 15.2. The van der Waals surface area contributed by atoms with E-state index in [9.17, 15) is 4.39 Å². The van der Waals surface area contributed by atoms with Crippen LogP contribution >= 0.6 is 27.5 Å². The van der Waals surface area contributed by atoms with Gasteiger partial charge in [0.05, 0.1) is 4.47 Å². The fourth-order valence-corrected chi connectivity index (χ4v) is 2.61. The first kappa shape index (κ1) is 16.3. The molecule has 0 fully saturated rings. The van der Waals surface area contributed by atoms with Crippen molar-refractivity contribution in [3.63, 3.8) is 0 Å².